The number of carbonyl (C=O) groups excluding carboxylic acids is 3. The van der Waals surface area contributed by atoms with Crippen LogP contribution in [0.5, 0.6) is 17.2 Å². The number of alkyl carbamates (subject to hydrolysis) is 1. The normalized spacial score (nSPS) is 34.3. The van der Waals surface area contributed by atoms with Gasteiger partial charge in [0.25, 0.3) is 0 Å². The Bertz CT molecular complexity index is 2910. The molecule has 0 radical (unpaired) electrons. The Morgan fingerprint density at radius 2 is 1.60 bits per heavy atom. The number of carbonyl (C=O) groups is 4. The van der Waals surface area contributed by atoms with Crippen LogP contribution < -0.4 is 25.0 Å². The molecule has 26 nitrogen and oxygen atoms in total. The average Bonchev–Trinajstić information content (AvgIpc) is 0.792. The van der Waals surface area contributed by atoms with E-state index in [1.807, 2.05) is 43.4 Å². The number of nitrogens with one attached hydrogen (secondary N) is 2. The van der Waals surface area contributed by atoms with Gasteiger partial charge in [-0.3, -0.25) is 29.4 Å². The lowest BCUT2D eigenvalue weighted by Gasteiger charge is -2.47. The molecular formula is C59H80IN3O23S3. The van der Waals surface area contributed by atoms with Crippen molar-refractivity contribution in [3.8, 4) is 40.9 Å². The Kier molecular flexibility index (Phi) is 26.8. The van der Waals surface area contributed by atoms with Crippen LogP contribution in [-0.2, 0) is 57.1 Å². The Balaban J connectivity index is 1.14. The van der Waals surface area contributed by atoms with Gasteiger partial charge >= 0.3 is 12.1 Å². The minimum Gasteiger partial charge on any atom is -0.492 e. The molecule has 0 aromatic heterocycles. The molecule has 19 atom stereocenters. The highest BCUT2D eigenvalue weighted by atomic mass is 127. The molecule has 8 N–H and O–H groups in total. The maximum atomic E-state index is 14.5. The molecule has 2 aliphatic carbocycles. The van der Waals surface area contributed by atoms with Crippen molar-refractivity contribution < 1.29 is 111 Å². The molecule has 89 heavy (non-hydrogen) atoms. The molecule has 494 valence electrons. The van der Waals surface area contributed by atoms with Gasteiger partial charge in [-0.05, 0) is 74.5 Å². The van der Waals surface area contributed by atoms with Crippen LogP contribution in [0, 0.1) is 34.2 Å². The Hall–Kier alpha value is -3.82. The summed E-state index contributed by atoms with van der Waals surface area (Å²) in [5.74, 6) is 10.1. The molecule has 0 saturated carbocycles. The molecule has 4 aliphatic heterocycles. The zero-order chi connectivity index (χ0) is 65.2. The second-order valence-electron chi connectivity index (χ2n) is 21.8. The number of rotatable bonds is 24. The van der Waals surface area contributed by atoms with Crippen molar-refractivity contribution in [3.05, 3.63) is 49.8 Å². The average molecular weight is 1420 g/mol. The number of likely N-dealkylation sites (N-methyl/N-ethyl adjacent to an activating group) is 1. The van der Waals surface area contributed by atoms with Crippen LogP contribution in [-0.4, -0.2) is 240 Å². The number of benzene rings is 1. The fourth-order valence-electron chi connectivity index (χ4n) is 11.1. The number of aliphatic carboxylic acids is 1. The van der Waals surface area contributed by atoms with E-state index in [-0.39, 0.29) is 70.9 Å². The van der Waals surface area contributed by atoms with Gasteiger partial charge in [-0.1, -0.05) is 83.9 Å². The summed E-state index contributed by atoms with van der Waals surface area (Å²) in [5, 5.41) is 69.5. The minimum absolute atomic E-state index is 0.00882. The summed E-state index contributed by atoms with van der Waals surface area (Å²) in [6, 6.07) is -1.66. The van der Waals surface area contributed by atoms with Crippen LogP contribution in [0.4, 0.5) is 4.79 Å². The fourth-order valence-corrected chi connectivity index (χ4v) is 14.7. The van der Waals surface area contributed by atoms with Gasteiger partial charge < -0.3 is 87.5 Å². The van der Waals surface area contributed by atoms with Gasteiger partial charge in [-0.15, -0.1) is 0 Å². The van der Waals surface area contributed by atoms with Gasteiger partial charge in [0, 0.05) is 49.2 Å². The van der Waals surface area contributed by atoms with Crippen LogP contribution in [0.2, 0.25) is 0 Å². The van der Waals surface area contributed by atoms with Gasteiger partial charge in [0.15, 0.2) is 41.8 Å². The van der Waals surface area contributed by atoms with Crippen molar-refractivity contribution >= 4 is 78.9 Å². The highest BCUT2D eigenvalue weighted by Gasteiger charge is 2.52. The van der Waals surface area contributed by atoms with Gasteiger partial charge in [0.05, 0.1) is 104 Å². The van der Waals surface area contributed by atoms with E-state index in [1.165, 1.54) is 51.4 Å². The number of Topliss-reactive ketones (excluding diaryl/α,β-unsaturated/α-hetero) is 1. The van der Waals surface area contributed by atoms with Crippen LogP contribution in [0.25, 0.3) is 0 Å². The van der Waals surface area contributed by atoms with E-state index in [4.69, 9.17) is 61.7 Å². The Morgan fingerprint density at radius 3 is 2.24 bits per heavy atom. The molecule has 4 fully saturated rings. The number of carboxylic acids is 1. The summed E-state index contributed by atoms with van der Waals surface area (Å²) < 4.78 is 72.7. The summed E-state index contributed by atoms with van der Waals surface area (Å²) in [7, 11) is 9.70. The topological polar surface area (TPSA) is 337 Å². The van der Waals surface area contributed by atoms with Crippen molar-refractivity contribution in [3.63, 3.8) is 0 Å². The largest absolute Gasteiger partial charge is 0.492 e. The lowest BCUT2D eigenvalue weighted by Crippen LogP contribution is -2.65. The number of aliphatic hydroxyl groups is 5. The summed E-state index contributed by atoms with van der Waals surface area (Å²) in [4.78, 5) is 61.3. The van der Waals surface area contributed by atoms with E-state index in [2.05, 4.69) is 34.5 Å². The van der Waals surface area contributed by atoms with Crippen LogP contribution in [0.3, 0.4) is 0 Å². The second kappa shape index (κ2) is 32.8. The van der Waals surface area contributed by atoms with E-state index in [1.54, 1.807) is 49.5 Å². The van der Waals surface area contributed by atoms with Crippen LogP contribution >= 0.6 is 55.9 Å². The Morgan fingerprint density at radius 1 is 0.888 bits per heavy atom. The molecule has 4 heterocycles. The van der Waals surface area contributed by atoms with Crippen LogP contribution in [0.1, 0.15) is 76.7 Å². The second-order valence-corrected chi connectivity index (χ2v) is 27.1. The standard InChI is InChI=1S/C59H80IN3O23S3/c1-13-63(25-38(66)67)33-26-79-39(23-37(33)74-8)84-52-47(69)44(29(5)81-57(52)83-36-18-16-14-15-17-20-59(73)24-35(65)45(61-58(72)78-12)42(36)32(59)19-21-87-89-27(2)3)62-86-40-22-34(64)54(31(7)80-40)88-55(71)41-28(4)43(60)50(53(77-11)49(41)75-9)85-56-48(70)51(76-10)46(68)30(6)82-56/h14-15,19,27,29-31,33-34,36-37,39-40,44,46-48,51-52,54,56-57,62,64,68-70,73H,13,21-26H2,1-12H3,(H,61,72)(H,66,67)/b15-14?,32-19+/t29-,30+,31-,33+,34+,36+,37+,39+,40+,44-,46+,47+,48-,51-,52-,54-,56+,57+,59+/m1/s1. The van der Waals surface area contributed by atoms with Gasteiger partial charge in [-0.2, -0.15) is 5.48 Å². The van der Waals surface area contributed by atoms with Gasteiger partial charge in [0.2, 0.25) is 17.2 Å². The first-order chi connectivity index (χ1) is 42.3. The van der Waals surface area contributed by atoms with Gasteiger partial charge in [-0.25, -0.2) is 4.79 Å². The lowest BCUT2D eigenvalue weighted by molar-refractivity contribution is -0.337. The van der Waals surface area contributed by atoms with E-state index in [0.29, 0.717) is 21.4 Å². The molecule has 0 spiro atoms. The predicted molar refractivity (Wildman–Crippen MR) is 332 cm³/mol. The first-order valence-corrected chi connectivity index (χ1v) is 33.1. The molecule has 0 unspecified atom stereocenters. The summed E-state index contributed by atoms with van der Waals surface area (Å²) in [6.45, 7) is 12.4. The van der Waals surface area contributed by atoms with Gasteiger partial charge in [0.1, 0.15) is 36.6 Å². The smallest absolute Gasteiger partial charge is 0.411 e. The van der Waals surface area contributed by atoms with E-state index < -0.39 is 145 Å². The summed E-state index contributed by atoms with van der Waals surface area (Å²) >= 11 is 2.79. The third kappa shape index (κ3) is 17.1. The third-order valence-electron chi connectivity index (χ3n) is 15.6. The third-order valence-corrected chi connectivity index (χ3v) is 21.1. The number of methoxy groups -OCH3 is 5. The first kappa shape index (κ1) is 72.6. The highest BCUT2D eigenvalue weighted by Crippen LogP contribution is 2.49. The zero-order valence-corrected chi connectivity index (χ0v) is 55.9. The molecule has 30 heteroatoms. The number of carboxylic acid groups (broad SMARTS) is 1. The van der Waals surface area contributed by atoms with E-state index in [0.717, 1.165) is 18.9 Å². The highest BCUT2D eigenvalue weighted by molar-refractivity contribution is 14.1. The number of allylic oxidation sites excluding steroid dienone is 3. The number of nitrogens with zero attached hydrogens (tertiary/aromatic N) is 1. The number of ketones is 1. The molecule has 1 aromatic rings. The maximum Gasteiger partial charge on any atom is 0.411 e. The van der Waals surface area contributed by atoms with Crippen molar-refractivity contribution in [1.82, 2.24) is 15.7 Å². The number of aliphatic hydroxyl groups excluding tert-OH is 4. The molecule has 2 bridgehead atoms. The monoisotopic (exact) mass is 1420 g/mol. The quantitative estimate of drug-likeness (QED) is 0.0242. The molecule has 7 rings (SSSR count). The first-order valence-electron chi connectivity index (χ1n) is 28.7. The van der Waals surface area contributed by atoms with Crippen molar-refractivity contribution in [2.45, 2.75) is 188 Å². The lowest BCUT2D eigenvalue weighted by atomic mass is 9.75. The number of fused-ring (bicyclic) bond motifs is 2. The fraction of sp³-hybridized carbons (Fsp3) is 0.661. The van der Waals surface area contributed by atoms with E-state index >= 15 is 0 Å². The maximum absolute atomic E-state index is 14.5. The summed E-state index contributed by atoms with van der Waals surface area (Å²) in [5.41, 5.74) is 1.09. The number of amides is 1. The molecule has 6 aliphatic rings. The number of hydroxylamine groups is 1. The zero-order valence-electron chi connectivity index (χ0n) is 51.3. The SMILES string of the molecule is CCN(CC(=O)O)[C@H]1CO[C@@H](O[C@H]2[C@H](O[C@H]3C#CC=CC#C[C@]4(O)CC(=O)C(NC(=O)OC)=C3/C4=C\CSSC(C)C)O[C@H](C)[C@@H](NO[C@H]3C[C@H](O)[C@H](SC(=O)c4c(C)c(I)c(O[C@@H]5O[C@@H](C)[C@H](O)[C@@H](OC)[C@H]5O)c(OC)c4OC)[C@@H](C)O3)[C@@H]2O)C[C@@H]1OC. The number of hydrogen-bond acceptors (Lipinski definition) is 27. The predicted octanol–water partition coefficient (Wildman–Crippen LogP) is 3.12. The Labute approximate surface area is 542 Å². The minimum atomic E-state index is -2.10. The molecule has 1 aromatic carbocycles. The number of ether oxygens (including phenoxy) is 12. The summed E-state index contributed by atoms with van der Waals surface area (Å²) in [6.07, 6.45) is -15.1. The van der Waals surface area contributed by atoms with Crippen molar-refractivity contribution in [1.29, 1.82) is 0 Å². The number of halogens is 1. The van der Waals surface area contributed by atoms with Crippen molar-refractivity contribution in [2.24, 2.45) is 0 Å². The number of thioether (sulfide) groups is 1. The molecular weight excluding hydrogens is 1340 g/mol. The number of hydrogen-bond donors (Lipinski definition) is 8. The van der Waals surface area contributed by atoms with Crippen LogP contribution in [0.15, 0.2) is 35.1 Å². The van der Waals surface area contributed by atoms with E-state index in [9.17, 15) is 49.8 Å². The molecule has 4 saturated heterocycles. The van der Waals surface area contributed by atoms with Crippen molar-refractivity contribution in [2.75, 3.05) is 61.0 Å². The molecule has 1 amide bonds.